The molecule has 6 aromatic carbocycles. The molecule has 0 saturated carbocycles. The van der Waals surface area contributed by atoms with Crippen molar-refractivity contribution in [3.8, 4) is 11.1 Å². The standard InChI is InChI=1S/C44H37BN2O/c1-26-24-31-39-36(23-22-30-29-12-7-10-17-38(29)48-42(30)39)47(28-20-18-27(19-21-28)43(2,3)4)45-34-15-11-14-33-41(34)46(37(25-26)40(31)45)35-16-9-8-13-32(35)44(33,5)6/h7-25H,1-6H3. The highest BCUT2D eigenvalue weighted by molar-refractivity contribution is 6.93. The van der Waals surface area contributed by atoms with E-state index < -0.39 is 0 Å². The lowest BCUT2D eigenvalue weighted by Gasteiger charge is -2.50. The van der Waals surface area contributed by atoms with Gasteiger partial charge in [0.05, 0.1) is 5.69 Å². The second-order valence-electron chi connectivity index (χ2n) is 15.5. The van der Waals surface area contributed by atoms with Crippen LogP contribution in [0.5, 0.6) is 0 Å². The number of hydrogen-bond donors (Lipinski definition) is 0. The maximum absolute atomic E-state index is 6.82. The summed E-state index contributed by atoms with van der Waals surface area (Å²) in [5.74, 6) is 0. The Morgan fingerprint density at radius 2 is 1.44 bits per heavy atom. The van der Waals surface area contributed by atoms with Gasteiger partial charge in [0.1, 0.15) is 11.2 Å². The van der Waals surface area contributed by atoms with Crippen molar-refractivity contribution >= 4 is 68.1 Å². The van der Waals surface area contributed by atoms with Crippen LogP contribution >= 0.6 is 0 Å². The fourth-order valence-electron chi connectivity index (χ4n) is 8.92. The Labute approximate surface area is 282 Å². The van der Waals surface area contributed by atoms with Gasteiger partial charge in [-0.2, -0.15) is 0 Å². The topological polar surface area (TPSA) is 19.6 Å². The molecule has 3 aliphatic rings. The van der Waals surface area contributed by atoms with E-state index in [2.05, 4.69) is 167 Å². The average molecular weight is 621 g/mol. The molecule has 0 saturated heterocycles. The van der Waals surface area contributed by atoms with Crippen molar-refractivity contribution < 1.29 is 4.42 Å². The van der Waals surface area contributed by atoms with E-state index in [1.165, 1.54) is 72.7 Å². The number of hydrogen-bond acceptors (Lipinski definition) is 3. The third kappa shape index (κ3) is 3.50. The fraction of sp³-hybridized carbons (Fsp3) is 0.182. The molecule has 0 fully saturated rings. The van der Waals surface area contributed by atoms with Crippen molar-refractivity contribution in [3.05, 3.63) is 138 Å². The minimum absolute atomic E-state index is 0.0160. The summed E-state index contributed by atoms with van der Waals surface area (Å²) in [6, 6.07) is 43.1. The molecule has 0 N–H and O–H groups in total. The molecule has 3 nitrogen and oxygen atoms in total. The molecule has 0 amide bonds. The molecule has 10 rings (SSSR count). The summed E-state index contributed by atoms with van der Waals surface area (Å²) in [6.45, 7) is 13.8. The molecule has 0 bridgehead atoms. The van der Waals surface area contributed by atoms with Crippen molar-refractivity contribution in [2.24, 2.45) is 0 Å². The van der Waals surface area contributed by atoms with E-state index in [-0.39, 0.29) is 17.7 Å². The summed E-state index contributed by atoms with van der Waals surface area (Å²) in [5, 5.41) is 2.31. The summed E-state index contributed by atoms with van der Waals surface area (Å²) in [5.41, 5.74) is 18.4. The predicted molar refractivity (Wildman–Crippen MR) is 203 cm³/mol. The number of benzene rings is 6. The van der Waals surface area contributed by atoms with Crippen LogP contribution in [0, 0.1) is 6.92 Å². The summed E-state index contributed by atoms with van der Waals surface area (Å²) >= 11 is 0. The third-order valence-corrected chi connectivity index (χ3v) is 11.2. The number of fused-ring (bicyclic) bond motifs is 10. The summed E-state index contributed by atoms with van der Waals surface area (Å²) in [6.07, 6.45) is 0. The molecule has 1 aromatic heterocycles. The van der Waals surface area contributed by atoms with Crippen molar-refractivity contribution in [1.29, 1.82) is 0 Å². The number of furan rings is 1. The highest BCUT2D eigenvalue weighted by atomic mass is 16.3. The van der Waals surface area contributed by atoms with E-state index in [0.29, 0.717) is 0 Å². The molecule has 232 valence electrons. The van der Waals surface area contributed by atoms with Crippen LogP contribution in [0.3, 0.4) is 0 Å². The van der Waals surface area contributed by atoms with Gasteiger partial charge in [-0.15, -0.1) is 0 Å². The van der Waals surface area contributed by atoms with Gasteiger partial charge in [-0.3, -0.25) is 0 Å². The lowest BCUT2D eigenvalue weighted by molar-refractivity contribution is 0.590. The Balaban J connectivity index is 1.36. The second-order valence-corrected chi connectivity index (χ2v) is 15.5. The van der Waals surface area contributed by atoms with Crippen LogP contribution in [0.25, 0.3) is 33.1 Å². The molecule has 4 heteroatoms. The quantitative estimate of drug-likeness (QED) is 0.170. The van der Waals surface area contributed by atoms with Crippen LogP contribution in [0.2, 0.25) is 0 Å². The molecule has 7 aromatic rings. The Morgan fingerprint density at radius 1 is 0.688 bits per heavy atom. The lowest BCUT2D eigenvalue weighted by atomic mass is 9.42. The molecule has 4 heterocycles. The molecule has 0 unspecified atom stereocenters. The largest absolute Gasteiger partial charge is 0.455 e. The van der Waals surface area contributed by atoms with Gasteiger partial charge in [0.25, 0.3) is 0 Å². The smallest absolute Gasteiger partial charge is 0.333 e. The highest BCUT2D eigenvalue weighted by Gasteiger charge is 2.49. The SMILES string of the molecule is Cc1cc2c3c(c1)N1c4ccccc4C(C)(C)c4cccc(c41)B3N(c1ccc(C(C)(C)C)cc1)c1ccc3c(oc4ccccc43)c1-2. The van der Waals surface area contributed by atoms with Gasteiger partial charge in [0.2, 0.25) is 0 Å². The predicted octanol–water partition coefficient (Wildman–Crippen LogP) is 10.5. The number of aryl methyl sites for hydroxylation is 1. The van der Waals surface area contributed by atoms with Crippen LogP contribution in [-0.2, 0) is 10.8 Å². The monoisotopic (exact) mass is 620 g/mol. The Morgan fingerprint density at radius 3 is 2.25 bits per heavy atom. The maximum atomic E-state index is 6.82. The average Bonchev–Trinajstić information content (AvgIpc) is 3.46. The van der Waals surface area contributed by atoms with Gasteiger partial charge in [-0.25, -0.2) is 0 Å². The lowest BCUT2D eigenvalue weighted by Crippen LogP contribution is -2.62. The van der Waals surface area contributed by atoms with Crippen LogP contribution in [0.15, 0.2) is 120 Å². The van der Waals surface area contributed by atoms with Gasteiger partial charge in [0, 0.05) is 44.5 Å². The summed E-state index contributed by atoms with van der Waals surface area (Å²) in [7, 11) is 0. The van der Waals surface area contributed by atoms with Crippen LogP contribution in [0.1, 0.15) is 56.9 Å². The van der Waals surface area contributed by atoms with Crippen LogP contribution < -0.4 is 20.6 Å². The number of anilines is 5. The van der Waals surface area contributed by atoms with E-state index >= 15 is 0 Å². The summed E-state index contributed by atoms with van der Waals surface area (Å²) in [4.78, 5) is 5.16. The van der Waals surface area contributed by atoms with Crippen molar-refractivity contribution in [1.82, 2.24) is 0 Å². The third-order valence-electron chi connectivity index (χ3n) is 11.2. The van der Waals surface area contributed by atoms with Crippen LogP contribution in [0.4, 0.5) is 28.4 Å². The number of rotatable bonds is 1. The normalized spacial score (nSPS) is 15.3. The minimum atomic E-state index is -0.144. The van der Waals surface area contributed by atoms with E-state index in [1.54, 1.807) is 0 Å². The first kappa shape index (κ1) is 27.9. The van der Waals surface area contributed by atoms with E-state index in [9.17, 15) is 0 Å². The van der Waals surface area contributed by atoms with Crippen molar-refractivity contribution in [3.63, 3.8) is 0 Å². The van der Waals surface area contributed by atoms with E-state index in [0.717, 1.165) is 21.9 Å². The first-order valence-electron chi connectivity index (χ1n) is 17.1. The molecule has 0 aliphatic carbocycles. The molecule has 0 spiro atoms. The van der Waals surface area contributed by atoms with Gasteiger partial charge in [-0.05, 0) is 93.5 Å². The fourth-order valence-corrected chi connectivity index (χ4v) is 8.92. The zero-order valence-corrected chi connectivity index (χ0v) is 28.3. The summed E-state index contributed by atoms with van der Waals surface area (Å²) < 4.78 is 6.82. The molecule has 0 radical (unpaired) electrons. The van der Waals surface area contributed by atoms with Gasteiger partial charge >= 0.3 is 6.85 Å². The molecular weight excluding hydrogens is 583 g/mol. The molecule has 3 aliphatic heterocycles. The maximum Gasteiger partial charge on any atom is 0.333 e. The Bertz CT molecular complexity index is 2500. The van der Waals surface area contributed by atoms with Crippen molar-refractivity contribution in [2.45, 2.75) is 52.4 Å². The number of nitrogens with zero attached hydrogens (tertiary/aromatic N) is 2. The zero-order valence-electron chi connectivity index (χ0n) is 28.3. The van der Waals surface area contributed by atoms with E-state index in [1.807, 2.05) is 0 Å². The minimum Gasteiger partial charge on any atom is -0.455 e. The second kappa shape index (κ2) is 9.23. The Hall–Kier alpha value is -5.22. The first-order chi connectivity index (χ1) is 23.1. The first-order valence-corrected chi connectivity index (χ1v) is 17.1. The number of para-hydroxylation sites is 3. The molecular formula is C44H37BN2O. The van der Waals surface area contributed by atoms with E-state index in [4.69, 9.17) is 4.42 Å². The van der Waals surface area contributed by atoms with Crippen LogP contribution in [-0.4, -0.2) is 6.85 Å². The molecule has 48 heavy (non-hydrogen) atoms. The van der Waals surface area contributed by atoms with Crippen molar-refractivity contribution in [2.75, 3.05) is 9.71 Å². The van der Waals surface area contributed by atoms with Gasteiger partial charge < -0.3 is 14.1 Å². The van der Waals surface area contributed by atoms with Gasteiger partial charge in [-0.1, -0.05) is 107 Å². The zero-order chi connectivity index (χ0) is 32.7. The Kier molecular flexibility index (Phi) is 5.36. The van der Waals surface area contributed by atoms with Gasteiger partial charge in [0.15, 0.2) is 0 Å². The molecule has 0 atom stereocenters. The highest BCUT2D eigenvalue weighted by Crippen LogP contribution is 2.55.